The van der Waals surface area contributed by atoms with Crippen molar-refractivity contribution in [2.45, 2.75) is 0 Å². The van der Waals surface area contributed by atoms with Gasteiger partial charge in [-0.05, 0) is 46.8 Å². The van der Waals surface area contributed by atoms with Gasteiger partial charge in [-0.3, -0.25) is 14.5 Å². The molecule has 2 N–H and O–H groups in total. The topological polar surface area (TPSA) is 69.6 Å². The zero-order chi connectivity index (χ0) is 16.6. The van der Waals surface area contributed by atoms with Gasteiger partial charge in [-0.2, -0.15) is 0 Å². The lowest BCUT2D eigenvalue weighted by molar-refractivity contribution is -0.140. The van der Waals surface area contributed by atoms with Gasteiger partial charge in [-0.15, -0.1) is 0 Å². The minimum Gasteiger partial charge on any atom is -0.480 e. The normalized spacial score (nSPS) is 16.2. The summed E-state index contributed by atoms with van der Waals surface area (Å²) in [7, 11) is 0. The van der Waals surface area contributed by atoms with E-state index in [-0.39, 0.29) is 10.8 Å². The van der Waals surface area contributed by atoms with E-state index in [4.69, 9.17) is 17.3 Å². The molecule has 1 aliphatic heterocycles. The van der Waals surface area contributed by atoms with Crippen LogP contribution in [0, 0.1) is 0 Å². The predicted octanol–water partition coefficient (Wildman–Crippen LogP) is 2.74. The smallest absolute Gasteiger partial charge is 0.323 e. The Morgan fingerprint density at radius 3 is 2.61 bits per heavy atom. The van der Waals surface area contributed by atoms with Gasteiger partial charge in [0.1, 0.15) is 12.2 Å². The second-order valence-electron chi connectivity index (χ2n) is 4.99. The minimum atomic E-state index is -1.12. The van der Waals surface area contributed by atoms with E-state index in [0.717, 1.165) is 25.7 Å². The van der Waals surface area contributed by atoms with Crippen LogP contribution in [0.1, 0.15) is 5.56 Å². The first-order valence-corrected chi connectivity index (χ1v) is 7.90. The van der Waals surface area contributed by atoms with Crippen molar-refractivity contribution in [2.75, 3.05) is 6.54 Å². The summed E-state index contributed by atoms with van der Waals surface area (Å²) < 4.78 is 0.834. The molecule has 5 nitrogen and oxygen atoms in total. The Bertz CT molecular complexity index is 879. The highest BCUT2D eigenvalue weighted by atomic mass is 79.9. The Morgan fingerprint density at radius 2 is 1.96 bits per heavy atom. The van der Waals surface area contributed by atoms with Crippen LogP contribution < -0.4 is 5.32 Å². The maximum absolute atomic E-state index is 12.3. The lowest BCUT2D eigenvalue weighted by atomic mass is 10.1. The molecule has 2 aromatic carbocycles. The van der Waals surface area contributed by atoms with E-state index in [2.05, 4.69) is 21.2 Å². The van der Waals surface area contributed by atoms with Gasteiger partial charge < -0.3 is 10.4 Å². The molecule has 1 aliphatic rings. The molecule has 0 aromatic heterocycles. The molecule has 0 spiro atoms. The fourth-order valence-corrected chi connectivity index (χ4v) is 3.08. The molecule has 1 amide bonds. The van der Waals surface area contributed by atoms with Crippen LogP contribution in [0.3, 0.4) is 0 Å². The number of carbonyl (C=O) groups excluding carboxylic acids is 1. The molecule has 0 bridgehead atoms. The van der Waals surface area contributed by atoms with Crippen molar-refractivity contribution < 1.29 is 14.7 Å². The van der Waals surface area contributed by atoms with Crippen LogP contribution >= 0.6 is 28.1 Å². The number of rotatable bonds is 3. The van der Waals surface area contributed by atoms with Crippen molar-refractivity contribution in [1.82, 2.24) is 10.2 Å². The zero-order valence-corrected chi connectivity index (χ0v) is 14.1. The maximum Gasteiger partial charge on any atom is 0.323 e. The van der Waals surface area contributed by atoms with Gasteiger partial charge in [-0.1, -0.05) is 40.2 Å². The first-order chi connectivity index (χ1) is 11.0. The minimum absolute atomic E-state index is 0.0977. The first-order valence-electron chi connectivity index (χ1n) is 6.70. The van der Waals surface area contributed by atoms with Crippen LogP contribution in [-0.4, -0.2) is 33.5 Å². The molecule has 23 heavy (non-hydrogen) atoms. The fourth-order valence-electron chi connectivity index (χ4n) is 2.35. The predicted molar refractivity (Wildman–Crippen MR) is 94.7 cm³/mol. The number of halogens is 1. The Morgan fingerprint density at radius 1 is 1.30 bits per heavy atom. The lowest BCUT2D eigenvalue weighted by Crippen LogP contribution is -2.35. The Labute approximate surface area is 145 Å². The lowest BCUT2D eigenvalue weighted by Gasteiger charge is -2.09. The van der Waals surface area contributed by atoms with Crippen molar-refractivity contribution >= 4 is 62.0 Å². The average Bonchev–Trinajstić information content (AvgIpc) is 2.75. The standard InChI is InChI=1S/C16H11BrN2O3S/c17-12-6-10-4-2-1-3-9(10)5-11(12)7-13-15(22)19(8-14(20)21)16(23)18-13/h1-7H,8H2,(H,18,23)(H,20,21)/b13-7-. The molecule has 0 unspecified atom stereocenters. The van der Waals surface area contributed by atoms with E-state index in [0.29, 0.717) is 0 Å². The number of thiocarbonyl (C=S) groups is 1. The summed E-state index contributed by atoms with van der Waals surface area (Å²) in [6.07, 6.45) is 1.66. The summed E-state index contributed by atoms with van der Waals surface area (Å²) >= 11 is 8.51. The number of fused-ring (bicyclic) bond motifs is 1. The number of carboxylic acid groups (broad SMARTS) is 1. The first kappa shape index (κ1) is 15.6. The number of carbonyl (C=O) groups is 2. The highest BCUT2D eigenvalue weighted by Gasteiger charge is 2.32. The maximum atomic E-state index is 12.3. The summed E-state index contributed by atoms with van der Waals surface area (Å²) in [5, 5.41) is 13.8. The summed E-state index contributed by atoms with van der Waals surface area (Å²) in [6.45, 7) is -0.457. The van der Waals surface area contributed by atoms with Crippen LogP contribution in [0.4, 0.5) is 0 Å². The van der Waals surface area contributed by atoms with E-state index >= 15 is 0 Å². The largest absolute Gasteiger partial charge is 0.480 e. The number of hydrogen-bond acceptors (Lipinski definition) is 3. The highest BCUT2D eigenvalue weighted by Crippen LogP contribution is 2.27. The van der Waals surface area contributed by atoms with E-state index in [1.54, 1.807) is 6.08 Å². The molecule has 116 valence electrons. The van der Waals surface area contributed by atoms with Crippen molar-refractivity contribution in [1.29, 1.82) is 0 Å². The number of hydrogen-bond donors (Lipinski definition) is 2. The molecule has 2 aromatic rings. The van der Waals surface area contributed by atoms with Crippen molar-refractivity contribution in [2.24, 2.45) is 0 Å². The summed E-state index contributed by atoms with van der Waals surface area (Å²) in [4.78, 5) is 24.1. The zero-order valence-electron chi connectivity index (χ0n) is 11.7. The van der Waals surface area contributed by atoms with Crippen molar-refractivity contribution in [3.63, 3.8) is 0 Å². The number of carboxylic acids is 1. The van der Waals surface area contributed by atoms with E-state index in [1.807, 2.05) is 36.4 Å². The third kappa shape index (κ3) is 3.11. The Kier molecular flexibility index (Phi) is 4.14. The van der Waals surface area contributed by atoms with Gasteiger partial charge in [0.15, 0.2) is 5.11 Å². The molecule has 1 fully saturated rings. The molecule has 1 heterocycles. The summed E-state index contributed by atoms with van der Waals surface area (Å²) in [6, 6.07) is 11.8. The molecule has 0 aliphatic carbocycles. The van der Waals surface area contributed by atoms with Crippen LogP contribution in [0.2, 0.25) is 0 Å². The van der Waals surface area contributed by atoms with E-state index < -0.39 is 18.4 Å². The molecular formula is C16H11BrN2O3S. The van der Waals surface area contributed by atoms with Gasteiger partial charge >= 0.3 is 5.97 Å². The molecule has 7 heteroatoms. The van der Waals surface area contributed by atoms with Gasteiger partial charge in [0.2, 0.25) is 0 Å². The fraction of sp³-hybridized carbons (Fsp3) is 0.0625. The Hall–Kier alpha value is -2.25. The third-order valence-electron chi connectivity index (χ3n) is 3.42. The van der Waals surface area contributed by atoms with E-state index in [1.165, 1.54) is 0 Å². The van der Waals surface area contributed by atoms with Crippen molar-refractivity contribution in [3.05, 3.63) is 52.1 Å². The van der Waals surface area contributed by atoms with Crippen LogP contribution in [0.25, 0.3) is 16.8 Å². The van der Waals surface area contributed by atoms with Crippen LogP contribution in [-0.2, 0) is 9.59 Å². The number of nitrogens with one attached hydrogen (secondary N) is 1. The molecule has 3 rings (SSSR count). The molecule has 0 saturated carbocycles. The second kappa shape index (κ2) is 6.10. The SMILES string of the molecule is O=C(O)CN1C(=O)/C(=C/c2cc3ccccc3cc2Br)NC1=S. The molecule has 0 radical (unpaired) electrons. The van der Waals surface area contributed by atoms with Crippen LogP contribution in [0.5, 0.6) is 0 Å². The second-order valence-corrected chi connectivity index (χ2v) is 6.24. The summed E-state index contributed by atoms with van der Waals surface area (Å²) in [5.74, 6) is -1.56. The van der Waals surface area contributed by atoms with Gasteiger partial charge in [0, 0.05) is 4.47 Å². The molecular weight excluding hydrogens is 380 g/mol. The van der Waals surface area contributed by atoms with Gasteiger partial charge in [0.05, 0.1) is 0 Å². The van der Waals surface area contributed by atoms with Gasteiger partial charge in [-0.25, -0.2) is 0 Å². The molecule has 1 saturated heterocycles. The van der Waals surface area contributed by atoms with Crippen molar-refractivity contribution in [3.8, 4) is 0 Å². The quantitative estimate of drug-likeness (QED) is 0.622. The highest BCUT2D eigenvalue weighted by molar-refractivity contribution is 9.10. The third-order valence-corrected chi connectivity index (χ3v) is 4.43. The summed E-state index contributed by atoms with van der Waals surface area (Å²) in [5.41, 5.74) is 1.06. The molecule has 0 atom stereocenters. The van der Waals surface area contributed by atoms with Crippen LogP contribution in [0.15, 0.2) is 46.6 Å². The number of amides is 1. The van der Waals surface area contributed by atoms with E-state index in [9.17, 15) is 9.59 Å². The average molecular weight is 391 g/mol. The number of nitrogens with zero attached hydrogens (tertiary/aromatic N) is 1. The monoisotopic (exact) mass is 390 g/mol. The Balaban J connectivity index is 1.99. The number of aliphatic carboxylic acids is 1. The van der Waals surface area contributed by atoms with Gasteiger partial charge in [0.25, 0.3) is 5.91 Å². The number of benzene rings is 2.